The van der Waals surface area contributed by atoms with Crippen molar-refractivity contribution in [2.45, 2.75) is 57.8 Å². The third-order valence-corrected chi connectivity index (χ3v) is 3.39. The lowest BCUT2D eigenvalue weighted by Gasteiger charge is -2.00. The summed E-state index contributed by atoms with van der Waals surface area (Å²) in [5, 5.41) is 8.67. The van der Waals surface area contributed by atoms with E-state index >= 15 is 0 Å². The van der Waals surface area contributed by atoms with Crippen LogP contribution >= 0.6 is 0 Å². The van der Waals surface area contributed by atoms with Gasteiger partial charge in [-0.2, -0.15) is 0 Å². The van der Waals surface area contributed by atoms with Gasteiger partial charge in [-0.25, -0.2) is 0 Å². The first-order valence-corrected chi connectivity index (χ1v) is 7.76. The van der Waals surface area contributed by atoms with E-state index in [0.717, 1.165) is 6.42 Å². The van der Waals surface area contributed by atoms with Crippen LogP contribution < -0.4 is 0 Å². The number of hydrogen-bond donors (Lipinski definition) is 1. The summed E-state index contributed by atoms with van der Waals surface area (Å²) in [5.74, 6) is 0. The van der Waals surface area contributed by atoms with Crippen LogP contribution in [0.5, 0.6) is 0 Å². The Kier molecular flexibility index (Phi) is 10.1. The molecule has 1 heteroatoms. The molecule has 0 aliphatic heterocycles. The molecule has 0 aliphatic rings. The Balaban J connectivity index is 1.87. The first kappa shape index (κ1) is 16.0. The van der Waals surface area contributed by atoms with Gasteiger partial charge in [0.25, 0.3) is 0 Å². The van der Waals surface area contributed by atoms with Gasteiger partial charge >= 0.3 is 0 Å². The van der Waals surface area contributed by atoms with Crippen molar-refractivity contribution >= 4 is 6.08 Å². The van der Waals surface area contributed by atoms with Crippen molar-refractivity contribution in [3.8, 4) is 0 Å². The third-order valence-electron chi connectivity index (χ3n) is 3.39. The van der Waals surface area contributed by atoms with Gasteiger partial charge < -0.3 is 5.11 Å². The molecule has 1 nitrogen and oxygen atoms in total. The monoisotopic (exact) mass is 260 g/mol. The van der Waals surface area contributed by atoms with E-state index < -0.39 is 0 Å². The van der Waals surface area contributed by atoms with Crippen LogP contribution in [-0.2, 0) is 0 Å². The molecule has 0 spiro atoms. The normalized spacial score (nSPS) is 11.2. The van der Waals surface area contributed by atoms with E-state index in [4.69, 9.17) is 5.11 Å². The fourth-order valence-corrected chi connectivity index (χ4v) is 2.22. The Labute approximate surface area is 118 Å². The van der Waals surface area contributed by atoms with E-state index in [-0.39, 0.29) is 0 Å². The molecule has 0 amide bonds. The van der Waals surface area contributed by atoms with E-state index in [0.29, 0.717) is 6.61 Å². The fraction of sp³-hybridized carbons (Fsp3) is 0.556. The molecule has 0 fully saturated rings. The van der Waals surface area contributed by atoms with Crippen molar-refractivity contribution in [2.24, 2.45) is 0 Å². The highest BCUT2D eigenvalue weighted by Crippen LogP contribution is 2.10. The quantitative estimate of drug-likeness (QED) is 0.542. The third kappa shape index (κ3) is 9.49. The zero-order valence-electron chi connectivity index (χ0n) is 12.1. The lowest BCUT2D eigenvalue weighted by Crippen LogP contribution is -1.84. The smallest absolute Gasteiger partial charge is 0.0431 e. The van der Waals surface area contributed by atoms with E-state index in [9.17, 15) is 0 Å². The minimum absolute atomic E-state index is 0.355. The minimum Gasteiger partial charge on any atom is -0.396 e. The molecule has 19 heavy (non-hydrogen) atoms. The first-order valence-electron chi connectivity index (χ1n) is 7.76. The number of rotatable bonds is 11. The molecule has 106 valence electrons. The Morgan fingerprint density at radius 3 is 1.95 bits per heavy atom. The van der Waals surface area contributed by atoms with Crippen LogP contribution in [0.15, 0.2) is 36.4 Å². The molecule has 0 unspecified atom stereocenters. The Morgan fingerprint density at radius 1 is 0.737 bits per heavy atom. The molecular weight excluding hydrogens is 232 g/mol. The van der Waals surface area contributed by atoms with Crippen LogP contribution in [0.1, 0.15) is 63.4 Å². The largest absolute Gasteiger partial charge is 0.396 e. The standard InChI is InChI=1S/C18H28O/c19-17-13-8-6-4-2-1-3-5-7-10-14-18-15-11-9-12-16-18/h9-12,14-16,19H,1-8,13,17H2. The van der Waals surface area contributed by atoms with Gasteiger partial charge in [-0.3, -0.25) is 0 Å². The van der Waals surface area contributed by atoms with Crippen molar-refractivity contribution in [1.82, 2.24) is 0 Å². The summed E-state index contributed by atoms with van der Waals surface area (Å²) < 4.78 is 0. The molecule has 1 aromatic rings. The number of benzene rings is 1. The second kappa shape index (κ2) is 12.0. The zero-order chi connectivity index (χ0) is 13.6. The van der Waals surface area contributed by atoms with E-state index in [1.807, 2.05) is 0 Å². The Bertz CT molecular complexity index is 316. The molecular formula is C18H28O. The van der Waals surface area contributed by atoms with Gasteiger partial charge in [0.2, 0.25) is 0 Å². The zero-order valence-corrected chi connectivity index (χ0v) is 12.1. The number of allylic oxidation sites excluding steroid dienone is 1. The molecule has 0 saturated carbocycles. The molecule has 0 saturated heterocycles. The summed E-state index contributed by atoms with van der Waals surface area (Å²) in [4.78, 5) is 0. The van der Waals surface area contributed by atoms with Crippen LogP contribution in [0.25, 0.3) is 6.08 Å². The maximum Gasteiger partial charge on any atom is 0.0431 e. The van der Waals surface area contributed by atoms with Gasteiger partial charge in [0.1, 0.15) is 0 Å². The molecule has 0 aromatic heterocycles. The second-order valence-corrected chi connectivity index (χ2v) is 5.15. The van der Waals surface area contributed by atoms with Crippen molar-refractivity contribution in [2.75, 3.05) is 6.61 Å². The minimum atomic E-state index is 0.355. The van der Waals surface area contributed by atoms with Crippen LogP contribution in [0.3, 0.4) is 0 Å². The summed E-state index contributed by atoms with van der Waals surface area (Å²) in [6.07, 6.45) is 15.9. The highest BCUT2D eigenvalue weighted by Gasteiger charge is 1.91. The van der Waals surface area contributed by atoms with Crippen molar-refractivity contribution in [3.05, 3.63) is 42.0 Å². The van der Waals surface area contributed by atoms with Gasteiger partial charge in [0.05, 0.1) is 0 Å². The highest BCUT2D eigenvalue weighted by atomic mass is 16.2. The SMILES string of the molecule is OCCCCCCCCCCC=Cc1ccccc1. The summed E-state index contributed by atoms with van der Waals surface area (Å²) in [6, 6.07) is 10.5. The van der Waals surface area contributed by atoms with Crippen molar-refractivity contribution in [1.29, 1.82) is 0 Å². The molecule has 0 radical (unpaired) electrons. The second-order valence-electron chi connectivity index (χ2n) is 5.15. The van der Waals surface area contributed by atoms with Gasteiger partial charge in [-0.15, -0.1) is 0 Å². The fourth-order valence-electron chi connectivity index (χ4n) is 2.22. The Morgan fingerprint density at radius 2 is 1.32 bits per heavy atom. The lowest BCUT2D eigenvalue weighted by molar-refractivity contribution is 0.282. The van der Waals surface area contributed by atoms with Crippen LogP contribution in [-0.4, -0.2) is 11.7 Å². The van der Waals surface area contributed by atoms with Crippen molar-refractivity contribution in [3.63, 3.8) is 0 Å². The van der Waals surface area contributed by atoms with E-state index in [2.05, 4.69) is 42.5 Å². The lowest BCUT2D eigenvalue weighted by atomic mass is 10.1. The Hall–Kier alpha value is -1.08. The van der Waals surface area contributed by atoms with Gasteiger partial charge in [-0.05, 0) is 24.8 Å². The van der Waals surface area contributed by atoms with Gasteiger partial charge in [0, 0.05) is 6.61 Å². The molecule has 1 N–H and O–H groups in total. The molecule has 0 atom stereocenters. The van der Waals surface area contributed by atoms with Gasteiger partial charge in [-0.1, -0.05) is 81.0 Å². The summed E-state index contributed by atoms with van der Waals surface area (Å²) in [6.45, 7) is 0.355. The summed E-state index contributed by atoms with van der Waals surface area (Å²) >= 11 is 0. The molecule has 1 aromatic carbocycles. The van der Waals surface area contributed by atoms with Crippen LogP contribution in [0, 0.1) is 0 Å². The van der Waals surface area contributed by atoms with Crippen molar-refractivity contribution < 1.29 is 5.11 Å². The predicted molar refractivity (Wildman–Crippen MR) is 84.1 cm³/mol. The van der Waals surface area contributed by atoms with Crippen LogP contribution in [0.2, 0.25) is 0 Å². The maximum absolute atomic E-state index is 8.67. The summed E-state index contributed by atoms with van der Waals surface area (Å²) in [7, 11) is 0. The molecule has 0 aliphatic carbocycles. The highest BCUT2D eigenvalue weighted by molar-refractivity contribution is 5.48. The summed E-state index contributed by atoms with van der Waals surface area (Å²) in [5.41, 5.74) is 1.30. The number of aliphatic hydroxyl groups excluding tert-OH is 1. The average Bonchev–Trinajstić information content (AvgIpc) is 2.46. The number of hydrogen-bond acceptors (Lipinski definition) is 1. The predicted octanol–water partition coefficient (Wildman–Crippen LogP) is 5.20. The average molecular weight is 260 g/mol. The van der Waals surface area contributed by atoms with Gasteiger partial charge in [0.15, 0.2) is 0 Å². The molecule has 0 bridgehead atoms. The van der Waals surface area contributed by atoms with E-state index in [1.54, 1.807) is 0 Å². The molecule has 1 rings (SSSR count). The number of aliphatic hydroxyl groups is 1. The van der Waals surface area contributed by atoms with Crippen LogP contribution in [0.4, 0.5) is 0 Å². The number of unbranched alkanes of at least 4 members (excludes halogenated alkanes) is 8. The maximum atomic E-state index is 8.67. The topological polar surface area (TPSA) is 20.2 Å². The molecule has 0 heterocycles. The first-order chi connectivity index (χ1) is 9.43. The van der Waals surface area contributed by atoms with E-state index in [1.165, 1.54) is 56.9 Å².